The summed E-state index contributed by atoms with van der Waals surface area (Å²) in [5.41, 5.74) is 1.81. The molecule has 0 saturated heterocycles. The maximum atomic E-state index is 6.18. The summed E-state index contributed by atoms with van der Waals surface area (Å²) in [7, 11) is 0. The highest BCUT2D eigenvalue weighted by Gasteiger charge is 2.15. The van der Waals surface area contributed by atoms with E-state index in [1.807, 2.05) is 18.2 Å². The van der Waals surface area contributed by atoms with Crippen LogP contribution in [0.1, 0.15) is 25.5 Å². The van der Waals surface area contributed by atoms with Crippen LogP contribution in [0.25, 0.3) is 11.4 Å². The maximum absolute atomic E-state index is 6.18. The van der Waals surface area contributed by atoms with Crippen molar-refractivity contribution in [2.45, 2.75) is 19.8 Å². The van der Waals surface area contributed by atoms with E-state index in [0.717, 1.165) is 19.3 Å². The molecule has 0 unspecified atom stereocenters. The standard InChI is InChI=1S/C13H10BrCl2IN2/c1-6(2)11-10(17)12(16)19-13(18-11)7-3-4-8(14)9(15)5-7/h3-6H,1-2H3. The molecule has 0 aliphatic heterocycles. The van der Waals surface area contributed by atoms with Crippen molar-refractivity contribution < 1.29 is 0 Å². The molecule has 1 aromatic carbocycles. The molecule has 0 fully saturated rings. The van der Waals surface area contributed by atoms with Crippen molar-refractivity contribution in [3.05, 3.63) is 42.1 Å². The van der Waals surface area contributed by atoms with Crippen molar-refractivity contribution in [2.24, 2.45) is 0 Å². The lowest BCUT2D eigenvalue weighted by Gasteiger charge is -2.11. The lowest BCUT2D eigenvalue weighted by molar-refractivity contribution is 0.808. The third kappa shape index (κ3) is 3.40. The number of hydrogen-bond donors (Lipinski definition) is 0. The SMILES string of the molecule is CC(C)c1nc(-c2ccc(Br)c(Cl)c2)nc(Cl)c1I. The summed E-state index contributed by atoms with van der Waals surface area (Å²) < 4.78 is 1.75. The van der Waals surface area contributed by atoms with Gasteiger partial charge in [0.1, 0.15) is 5.15 Å². The summed E-state index contributed by atoms with van der Waals surface area (Å²) in [6.45, 7) is 4.17. The van der Waals surface area contributed by atoms with E-state index < -0.39 is 0 Å². The van der Waals surface area contributed by atoms with Gasteiger partial charge in [-0.1, -0.05) is 37.0 Å². The van der Waals surface area contributed by atoms with Gasteiger partial charge in [0.15, 0.2) is 5.82 Å². The van der Waals surface area contributed by atoms with E-state index >= 15 is 0 Å². The molecule has 2 rings (SSSR count). The Labute approximate surface area is 144 Å². The maximum Gasteiger partial charge on any atom is 0.161 e. The zero-order valence-corrected chi connectivity index (χ0v) is 15.5. The Morgan fingerprint density at radius 1 is 1.21 bits per heavy atom. The van der Waals surface area contributed by atoms with Crippen molar-refractivity contribution in [1.82, 2.24) is 9.97 Å². The highest BCUT2D eigenvalue weighted by atomic mass is 127. The Hall–Kier alpha value is 0.0900. The number of nitrogens with zero attached hydrogens (tertiary/aromatic N) is 2. The molecule has 0 aliphatic carbocycles. The van der Waals surface area contributed by atoms with Gasteiger partial charge in [0.25, 0.3) is 0 Å². The molecular formula is C13H10BrCl2IN2. The summed E-state index contributed by atoms with van der Waals surface area (Å²) in [5.74, 6) is 0.889. The van der Waals surface area contributed by atoms with Crippen LogP contribution in [0.4, 0.5) is 0 Å². The minimum absolute atomic E-state index is 0.289. The molecule has 1 aromatic heterocycles. The predicted octanol–water partition coefficient (Wildman–Crippen LogP) is 5.94. The molecule has 0 aliphatic rings. The van der Waals surface area contributed by atoms with Crippen molar-refractivity contribution in [3.63, 3.8) is 0 Å². The molecule has 2 nitrogen and oxygen atoms in total. The summed E-state index contributed by atoms with van der Waals surface area (Å²) in [6, 6.07) is 5.62. The quantitative estimate of drug-likeness (QED) is 0.400. The first-order valence-electron chi connectivity index (χ1n) is 5.58. The monoisotopic (exact) mass is 470 g/mol. The van der Waals surface area contributed by atoms with Crippen molar-refractivity contribution in [2.75, 3.05) is 0 Å². The summed E-state index contributed by atoms with van der Waals surface area (Å²) >= 11 is 17.8. The molecule has 1 heterocycles. The first-order valence-corrected chi connectivity index (χ1v) is 8.21. The average molecular weight is 472 g/mol. The van der Waals surface area contributed by atoms with Crippen LogP contribution in [-0.2, 0) is 0 Å². The highest BCUT2D eigenvalue weighted by Crippen LogP contribution is 2.31. The molecule has 100 valence electrons. The number of halogens is 4. The van der Waals surface area contributed by atoms with E-state index in [4.69, 9.17) is 23.2 Å². The van der Waals surface area contributed by atoms with Crippen LogP contribution in [0, 0.1) is 3.57 Å². The van der Waals surface area contributed by atoms with E-state index in [9.17, 15) is 0 Å². The minimum Gasteiger partial charge on any atom is -0.232 e. The van der Waals surface area contributed by atoms with Gasteiger partial charge in [0.2, 0.25) is 0 Å². The molecule has 2 aromatic rings. The number of benzene rings is 1. The molecule has 6 heteroatoms. The van der Waals surface area contributed by atoms with E-state index in [-0.39, 0.29) is 5.92 Å². The molecule has 0 N–H and O–H groups in total. The van der Waals surface area contributed by atoms with Gasteiger partial charge >= 0.3 is 0 Å². The lowest BCUT2D eigenvalue weighted by atomic mass is 10.1. The third-order valence-electron chi connectivity index (χ3n) is 2.56. The normalized spacial score (nSPS) is 11.1. The van der Waals surface area contributed by atoms with Gasteiger partial charge in [-0.2, -0.15) is 0 Å². The zero-order chi connectivity index (χ0) is 14.2. The summed E-state index contributed by atoms with van der Waals surface area (Å²) in [6.07, 6.45) is 0. The van der Waals surface area contributed by atoms with Crippen LogP contribution >= 0.6 is 61.7 Å². The predicted molar refractivity (Wildman–Crippen MR) is 92.0 cm³/mol. The Morgan fingerprint density at radius 3 is 2.47 bits per heavy atom. The van der Waals surface area contributed by atoms with E-state index in [0.29, 0.717) is 16.0 Å². The smallest absolute Gasteiger partial charge is 0.161 e. The number of rotatable bonds is 2. The van der Waals surface area contributed by atoms with Gasteiger partial charge in [-0.15, -0.1) is 0 Å². The van der Waals surface area contributed by atoms with E-state index in [1.54, 1.807) is 0 Å². The van der Waals surface area contributed by atoms with Gasteiger partial charge in [-0.05, 0) is 62.6 Å². The second kappa shape index (κ2) is 6.24. The summed E-state index contributed by atoms with van der Waals surface area (Å²) in [5, 5.41) is 1.11. The van der Waals surface area contributed by atoms with Gasteiger partial charge < -0.3 is 0 Å². The summed E-state index contributed by atoms with van der Waals surface area (Å²) in [4.78, 5) is 8.93. The number of hydrogen-bond acceptors (Lipinski definition) is 2. The topological polar surface area (TPSA) is 25.8 Å². The molecular weight excluding hydrogens is 462 g/mol. The number of aromatic nitrogens is 2. The fourth-order valence-electron chi connectivity index (χ4n) is 1.58. The van der Waals surface area contributed by atoms with Gasteiger partial charge in [0, 0.05) is 10.0 Å². The third-order valence-corrected chi connectivity index (χ3v) is 5.45. The molecule has 0 saturated carbocycles. The Kier molecular flexibility index (Phi) is 5.09. The van der Waals surface area contributed by atoms with Crippen LogP contribution < -0.4 is 0 Å². The molecule has 0 atom stereocenters. The van der Waals surface area contributed by atoms with Gasteiger partial charge in [-0.3, -0.25) is 0 Å². The second-order valence-corrected chi connectivity index (χ2v) is 7.02. The van der Waals surface area contributed by atoms with Crippen LogP contribution in [0.3, 0.4) is 0 Å². The molecule has 0 bridgehead atoms. The first kappa shape index (κ1) is 15.5. The molecule has 0 spiro atoms. The molecule has 19 heavy (non-hydrogen) atoms. The fourth-order valence-corrected chi connectivity index (χ4v) is 3.05. The minimum atomic E-state index is 0.289. The Bertz CT molecular complexity index is 632. The first-order chi connectivity index (χ1) is 8.90. The van der Waals surface area contributed by atoms with Crippen molar-refractivity contribution in [3.8, 4) is 11.4 Å². The van der Waals surface area contributed by atoms with Crippen LogP contribution in [0.5, 0.6) is 0 Å². The Morgan fingerprint density at radius 2 is 1.89 bits per heavy atom. The lowest BCUT2D eigenvalue weighted by Crippen LogP contribution is -2.02. The molecule has 0 amide bonds. The van der Waals surface area contributed by atoms with E-state index in [1.165, 1.54) is 0 Å². The van der Waals surface area contributed by atoms with Crippen LogP contribution in [0.2, 0.25) is 10.2 Å². The molecule has 0 radical (unpaired) electrons. The van der Waals surface area contributed by atoms with Gasteiger partial charge in [-0.25, -0.2) is 9.97 Å². The van der Waals surface area contributed by atoms with Crippen molar-refractivity contribution in [1.29, 1.82) is 0 Å². The van der Waals surface area contributed by atoms with E-state index in [2.05, 4.69) is 62.3 Å². The van der Waals surface area contributed by atoms with Gasteiger partial charge in [0.05, 0.1) is 14.3 Å². The highest BCUT2D eigenvalue weighted by molar-refractivity contribution is 14.1. The fraction of sp³-hybridized carbons (Fsp3) is 0.231. The van der Waals surface area contributed by atoms with Crippen molar-refractivity contribution >= 4 is 61.7 Å². The largest absolute Gasteiger partial charge is 0.232 e. The van der Waals surface area contributed by atoms with Crippen LogP contribution in [-0.4, -0.2) is 9.97 Å². The zero-order valence-electron chi connectivity index (χ0n) is 10.2. The van der Waals surface area contributed by atoms with Crippen LogP contribution in [0.15, 0.2) is 22.7 Å². The average Bonchev–Trinajstić information content (AvgIpc) is 2.35. The Balaban J connectivity index is 2.59. The second-order valence-electron chi connectivity index (χ2n) is 4.32.